The summed E-state index contributed by atoms with van der Waals surface area (Å²) in [5, 5.41) is 10.3. The molecule has 0 radical (unpaired) electrons. The molecule has 0 saturated carbocycles. The average Bonchev–Trinajstić information content (AvgIpc) is 3.02. The number of rotatable bonds is 2. The summed E-state index contributed by atoms with van der Waals surface area (Å²) in [6.07, 6.45) is 0.513. The number of aliphatic carboxylic acids is 1. The maximum Gasteiger partial charge on any atom is 0.311 e. The summed E-state index contributed by atoms with van der Waals surface area (Å²) < 4.78 is 1.08. The molecular formula is C15H15NO3S. The van der Waals surface area contributed by atoms with Crippen LogP contribution in [0.5, 0.6) is 0 Å². The fraction of sp³-hybridized carbons (Fsp3) is 0.333. The van der Waals surface area contributed by atoms with Gasteiger partial charge in [-0.2, -0.15) is 0 Å². The van der Waals surface area contributed by atoms with E-state index in [4.69, 9.17) is 0 Å². The number of thiophene rings is 1. The van der Waals surface area contributed by atoms with E-state index < -0.39 is 11.4 Å². The molecule has 1 aromatic heterocycles. The van der Waals surface area contributed by atoms with E-state index in [0.717, 1.165) is 10.1 Å². The second kappa shape index (κ2) is 4.59. The molecule has 1 aliphatic rings. The summed E-state index contributed by atoms with van der Waals surface area (Å²) in [4.78, 5) is 26.0. The molecule has 1 fully saturated rings. The smallest absolute Gasteiger partial charge is 0.311 e. The summed E-state index contributed by atoms with van der Waals surface area (Å²) in [5.41, 5.74) is -0.813. The van der Waals surface area contributed by atoms with E-state index in [9.17, 15) is 14.7 Å². The number of fused-ring (bicyclic) bond motifs is 1. The van der Waals surface area contributed by atoms with E-state index >= 15 is 0 Å². The molecule has 1 saturated heterocycles. The maximum absolute atomic E-state index is 12.5. The number of hydrogen-bond acceptors (Lipinski definition) is 3. The number of carbonyl (C=O) groups is 2. The molecule has 0 aliphatic carbocycles. The minimum atomic E-state index is -0.829. The Bertz CT molecular complexity index is 660. The maximum atomic E-state index is 12.5. The summed E-state index contributed by atoms with van der Waals surface area (Å²) in [6, 6.07) is 9.75. The van der Waals surface area contributed by atoms with Crippen LogP contribution in [0.25, 0.3) is 10.1 Å². The predicted octanol–water partition coefficient (Wildman–Crippen LogP) is 2.84. The lowest BCUT2D eigenvalue weighted by Gasteiger charge is -2.19. The van der Waals surface area contributed by atoms with Crippen molar-refractivity contribution in [1.82, 2.24) is 4.90 Å². The molecule has 1 amide bonds. The van der Waals surface area contributed by atoms with Crippen LogP contribution >= 0.6 is 11.3 Å². The van der Waals surface area contributed by atoms with Gasteiger partial charge in [-0.3, -0.25) is 9.59 Å². The van der Waals surface area contributed by atoms with Crippen LogP contribution < -0.4 is 0 Å². The van der Waals surface area contributed by atoms with Crippen molar-refractivity contribution in [3.63, 3.8) is 0 Å². The van der Waals surface area contributed by atoms with Gasteiger partial charge in [0, 0.05) is 17.8 Å². The molecule has 1 atom stereocenters. The third-order valence-electron chi connectivity index (χ3n) is 3.91. The van der Waals surface area contributed by atoms with Crippen molar-refractivity contribution in [2.75, 3.05) is 13.1 Å². The number of likely N-dealkylation sites (tertiary alicyclic amines) is 1. The second-order valence-corrected chi connectivity index (χ2v) is 6.57. The lowest BCUT2D eigenvalue weighted by molar-refractivity contribution is -0.147. The standard InChI is InChI=1S/C15H15NO3S/c1-15(14(18)19)6-7-16(9-15)13(17)12-8-10-4-2-3-5-11(10)20-12/h2-5,8H,6-7,9H2,1H3,(H,18,19). The molecule has 20 heavy (non-hydrogen) atoms. The highest BCUT2D eigenvalue weighted by molar-refractivity contribution is 7.20. The van der Waals surface area contributed by atoms with Crippen LogP contribution in [0.15, 0.2) is 30.3 Å². The van der Waals surface area contributed by atoms with E-state index in [0.29, 0.717) is 17.8 Å². The Balaban J connectivity index is 1.85. The highest BCUT2D eigenvalue weighted by Crippen LogP contribution is 2.33. The Hall–Kier alpha value is -1.88. The van der Waals surface area contributed by atoms with Crippen LogP contribution in [-0.2, 0) is 4.79 Å². The van der Waals surface area contributed by atoms with Crippen LogP contribution in [0.2, 0.25) is 0 Å². The zero-order valence-electron chi connectivity index (χ0n) is 11.1. The fourth-order valence-corrected chi connectivity index (χ4v) is 3.58. The van der Waals surface area contributed by atoms with Crippen molar-refractivity contribution >= 4 is 33.3 Å². The molecule has 2 heterocycles. The van der Waals surface area contributed by atoms with Gasteiger partial charge in [0.1, 0.15) is 0 Å². The van der Waals surface area contributed by atoms with Gasteiger partial charge >= 0.3 is 5.97 Å². The van der Waals surface area contributed by atoms with Gasteiger partial charge in [0.05, 0.1) is 10.3 Å². The predicted molar refractivity (Wildman–Crippen MR) is 78.1 cm³/mol. The van der Waals surface area contributed by atoms with Gasteiger partial charge in [-0.1, -0.05) is 18.2 Å². The molecule has 5 heteroatoms. The monoisotopic (exact) mass is 289 g/mol. The normalized spacial score (nSPS) is 22.4. The van der Waals surface area contributed by atoms with Crippen molar-refractivity contribution in [2.24, 2.45) is 5.41 Å². The molecule has 1 aromatic carbocycles. The highest BCUT2D eigenvalue weighted by Gasteiger charge is 2.42. The first-order valence-corrected chi connectivity index (χ1v) is 7.32. The first-order chi connectivity index (χ1) is 9.49. The second-order valence-electron chi connectivity index (χ2n) is 5.49. The van der Waals surface area contributed by atoms with Gasteiger partial charge in [0.25, 0.3) is 5.91 Å². The number of amides is 1. The number of hydrogen-bond donors (Lipinski definition) is 1. The molecule has 104 valence electrons. The summed E-state index contributed by atoms with van der Waals surface area (Å²) >= 11 is 1.46. The van der Waals surface area contributed by atoms with Crippen molar-refractivity contribution in [2.45, 2.75) is 13.3 Å². The Morgan fingerprint density at radius 3 is 2.75 bits per heavy atom. The quantitative estimate of drug-likeness (QED) is 0.925. The molecule has 1 aliphatic heterocycles. The fourth-order valence-electron chi connectivity index (χ4n) is 2.55. The van der Waals surface area contributed by atoms with Crippen molar-refractivity contribution in [1.29, 1.82) is 0 Å². The van der Waals surface area contributed by atoms with Gasteiger partial charge in [0.2, 0.25) is 0 Å². The molecule has 0 bridgehead atoms. The Labute approximate surface area is 120 Å². The Morgan fingerprint density at radius 2 is 2.10 bits per heavy atom. The van der Waals surface area contributed by atoms with Crippen molar-refractivity contribution < 1.29 is 14.7 Å². The van der Waals surface area contributed by atoms with E-state index in [-0.39, 0.29) is 12.5 Å². The number of nitrogens with zero attached hydrogens (tertiary/aromatic N) is 1. The summed E-state index contributed by atoms with van der Waals surface area (Å²) in [5.74, 6) is -0.889. The number of carbonyl (C=O) groups excluding carboxylic acids is 1. The van der Waals surface area contributed by atoms with Gasteiger partial charge in [0.15, 0.2) is 0 Å². The zero-order chi connectivity index (χ0) is 14.3. The summed E-state index contributed by atoms with van der Waals surface area (Å²) in [6.45, 7) is 2.50. The van der Waals surface area contributed by atoms with Crippen LogP contribution in [-0.4, -0.2) is 35.0 Å². The lowest BCUT2D eigenvalue weighted by Crippen LogP contribution is -2.34. The first kappa shape index (κ1) is 13.1. The molecule has 1 unspecified atom stereocenters. The largest absolute Gasteiger partial charge is 0.481 e. The topological polar surface area (TPSA) is 57.6 Å². The number of carboxylic acid groups (broad SMARTS) is 1. The third-order valence-corrected chi connectivity index (χ3v) is 5.02. The molecule has 2 aromatic rings. The van der Waals surface area contributed by atoms with E-state index in [1.165, 1.54) is 11.3 Å². The van der Waals surface area contributed by atoms with Crippen LogP contribution in [0.4, 0.5) is 0 Å². The Kier molecular flexibility index (Phi) is 3.01. The number of benzene rings is 1. The minimum absolute atomic E-state index is 0.0591. The molecule has 3 rings (SSSR count). The molecule has 4 nitrogen and oxygen atoms in total. The van der Waals surface area contributed by atoms with E-state index in [2.05, 4.69) is 0 Å². The Morgan fingerprint density at radius 1 is 1.35 bits per heavy atom. The first-order valence-electron chi connectivity index (χ1n) is 6.51. The van der Waals surface area contributed by atoms with E-state index in [1.807, 2.05) is 30.3 Å². The molecule has 1 N–H and O–H groups in total. The van der Waals surface area contributed by atoms with Crippen LogP contribution in [0, 0.1) is 5.41 Å². The lowest BCUT2D eigenvalue weighted by atomic mass is 9.90. The molecule has 0 spiro atoms. The van der Waals surface area contributed by atoms with Gasteiger partial charge in [-0.15, -0.1) is 11.3 Å². The third kappa shape index (κ3) is 2.08. The average molecular weight is 289 g/mol. The van der Waals surface area contributed by atoms with Gasteiger partial charge in [-0.25, -0.2) is 0 Å². The van der Waals surface area contributed by atoms with Gasteiger partial charge < -0.3 is 10.0 Å². The number of carboxylic acids is 1. The highest BCUT2D eigenvalue weighted by atomic mass is 32.1. The van der Waals surface area contributed by atoms with Gasteiger partial charge in [-0.05, 0) is 30.9 Å². The van der Waals surface area contributed by atoms with Crippen molar-refractivity contribution in [3.05, 3.63) is 35.2 Å². The minimum Gasteiger partial charge on any atom is -0.481 e. The van der Waals surface area contributed by atoms with Crippen LogP contribution in [0.3, 0.4) is 0 Å². The van der Waals surface area contributed by atoms with Crippen LogP contribution in [0.1, 0.15) is 23.0 Å². The van der Waals surface area contributed by atoms with Crippen molar-refractivity contribution in [3.8, 4) is 0 Å². The molecular weight excluding hydrogens is 274 g/mol. The SMILES string of the molecule is CC1(C(=O)O)CCN(C(=O)c2cc3ccccc3s2)C1. The zero-order valence-corrected chi connectivity index (χ0v) is 11.9. The summed E-state index contributed by atoms with van der Waals surface area (Å²) in [7, 11) is 0. The van der Waals surface area contributed by atoms with E-state index in [1.54, 1.807) is 11.8 Å².